The van der Waals surface area contributed by atoms with Gasteiger partial charge in [0.05, 0.1) is 0 Å². The largest absolute Gasteiger partial charge is 0.415 e. The van der Waals surface area contributed by atoms with Crippen LogP contribution in [0, 0.1) is 0 Å². The van der Waals surface area contributed by atoms with Crippen LogP contribution in [0.25, 0.3) is 0 Å². The summed E-state index contributed by atoms with van der Waals surface area (Å²) in [6.45, 7) is 2.39. The molecule has 0 aliphatic carbocycles. The van der Waals surface area contributed by atoms with Gasteiger partial charge in [0, 0.05) is 32.2 Å². The summed E-state index contributed by atoms with van der Waals surface area (Å²) in [7, 11) is 0. The van der Waals surface area contributed by atoms with Gasteiger partial charge in [0.15, 0.2) is 0 Å². The van der Waals surface area contributed by atoms with E-state index in [2.05, 4.69) is 9.97 Å². The van der Waals surface area contributed by atoms with Crippen molar-refractivity contribution < 1.29 is 14.3 Å². The third-order valence-corrected chi connectivity index (χ3v) is 3.93. The lowest BCUT2D eigenvalue weighted by molar-refractivity contribution is 0.0995. The van der Waals surface area contributed by atoms with Crippen molar-refractivity contribution in [3.8, 4) is 5.75 Å². The van der Waals surface area contributed by atoms with Gasteiger partial charge < -0.3 is 20.3 Å². The Bertz CT molecular complexity index is 753. The van der Waals surface area contributed by atoms with E-state index in [0.29, 0.717) is 37.7 Å². The number of carbonyl (C=O) groups excluding carboxylic acids is 2. The molecule has 0 unspecified atom stereocenters. The molecule has 0 bridgehead atoms. The molecule has 1 aliphatic heterocycles. The fourth-order valence-electron chi connectivity index (χ4n) is 2.64. The Labute approximate surface area is 145 Å². The number of nitrogens with two attached hydrogens (primary N) is 1. The number of para-hydroxylation sites is 1. The predicted octanol–water partition coefficient (Wildman–Crippen LogP) is 1.29. The summed E-state index contributed by atoms with van der Waals surface area (Å²) in [6.07, 6.45) is 1.72. The number of primary amides is 1. The van der Waals surface area contributed by atoms with Crippen LogP contribution in [-0.2, 0) is 0 Å². The number of benzene rings is 1. The number of nitrogens with zero attached hydrogens (tertiary/aromatic N) is 4. The molecule has 25 heavy (non-hydrogen) atoms. The van der Waals surface area contributed by atoms with Crippen molar-refractivity contribution in [2.45, 2.75) is 6.42 Å². The smallest absolute Gasteiger partial charge is 0.410 e. The van der Waals surface area contributed by atoms with E-state index < -0.39 is 5.91 Å². The second kappa shape index (κ2) is 7.61. The highest BCUT2D eigenvalue weighted by Gasteiger charge is 2.22. The minimum Gasteiger partial charge on any atom is -0.410 e. The van der Waals surface area contributed by atoms with Gasteiger partial charge in [0.1, 0.15) is 23.6 Å². The van der Waals surface area contributed by atoms with Crippen molar-refractivity contribution in [2.75, 3.05) is 31.1 Å². The number of amides is 2. The molecule has 8 nitrogen and oxygen atoms in total. The number of carbonyl (C=O) groups is 2. The molecule has 1 saturated heterocycles. The average Bonchev–Trinajstić information content (AvgIpc) is 2.89. The molecule has 0 spiro atoms. The van der Waals surface area contributed by atoms with Crippen LogP contribution in [0.1, 0.15) is 16.9 Å². The zero-order valence-electron chi connectivity index (χ0n) is 13.7. The Hall–Kier alpha value is -3.16. The first kappa shape index (κ1) is 16.7. The summed E-state index contributed by atoms with van der Waals surface area (Å²) in [5, 5.41) is 0. The molecule has 0 saturated carbocycles. The number of rotatable bonds is 3. The van der Waals surface area contributed by atoms with Crippen LogP contribution < -0.4 is 15.4 Å². The van der Waals surface area contributed by atoms with Crippen LogP contribution in [0.3, 0.4) is 0 Å². The molecule has 3 rings (SSSR count). The summed E-state index contributed by atoms with van der Waals surface area (Å²) in [5.41, 5.74) is 5.44. The summed E-state index contributed by atoms with van der Waals surface area (Å²) < 4.78 is 5.38. The highest BCUT2D eigenvalue weighted by Crippen LogP contribution is 2.16. The molecular formula is C17H19N5O3. The first-order valence-electron chi connectivity index (χ1n) is 8.02. The Morgan fingerprint density at radius 2 is 1.84 bits per heavy atom. The summed E-state index contributed by atoms with van der Waals surface area (Å²) in [4.78, 5) is 35.3. The van der Waals surface area contributed by atoms with Crippen LogP contribution in [0.15, 0.2) is 42.7 Å². The number of anilines is 1. The maximum Gasteiger partial charge on any atom is 0.415 e. The molecule has 2 heterocycles. The minimum atomic E-state index is -0.591. The second-order valence-corrected chi connectivity index (χ2v) is 5.63. The van der Waals surface area contributed by atoms with Crippen molar-refractivity contribution in [3.05, 3.63) is 48.4 Å². The molecular weight excluding hydrogens is 322 g/mol. The van der Waals surface area contributed by atoms with Gasteiger partial charge in [-0.1, -0.05) is 18.2 Å². The molecule has 1 aromatic carbocycles. The molecule has 0 radical (unpaired) electrons. The normalized spacial score (nSPS) is 14.7. The lowest BCUT2D eigenvalue weighted by Gasteiger charge is -2.22. The van der Waals surface area contributed by atoms with Crippen molar-refractivity contribution in [3.63, 3.8) is 0 Å². The van der Waals surface area contributed by atoms with E-state index >= 15 is 0 Å². The Morgan fingerprint density at radius 3 is 2.60 bits per heavy atom. The number of ether oxygens (including phenoxy) is 1. The first-order chi connectivity index (χ1) is 12.1. The van der Waals surface area contributed by atoms with Crippen molar-refractivity contribution in [2.24, 2.45) is 5.73 Å². The van der Waals surface area contributed by atoms with Crippen LogP contribution in [0.4, 0.5) is 10.6 Å². The van der Waals surface area contributed by atoms with Gasteiger partial charge in [-0.05, 0) is 18.6 Å². The molecule has 1 aliphatic rings. The van der Waals surface area contributed by atoms with E-state index in [9.17, 15) is 9.59 Å². The standard InChI is InChI=1S/C17H19N5O3/c18-16(23)14-11-15(20-12-19-14)21-7-4-8-22(10-9-21)17(24)25-13-5-2-1-3-6-13/h1-3,5-6,11-12H,4,7-10H2,(H2,18,23). The maximum atomic E-state index is 12.3. The summed E-state index contributed by atoms with van der Waals surface area (Å²) in [5.74, 6) is 0.559. The average molecular weight is 341 g/mol. The molecule has 2 N–H and O–H groups in total. The molecule has 8 heteroatoms. The Morgan fingerprint density at radius 1 is 1.04 bits per heavy atom. The van der Waals surface area contributed by atoms with Crippen LogP contribution in [-0.4, -0.2) is 53.0 Å². The SMILES string of the molecule is NC(=O)c1cc(N2CCCN(C(=O)Oc3ccccc3)CC2)ncn1. The maximum absolute atomic E-state index is 12.3. The fourth-order valence-corrected chi connectivity index (χ4v) is 2.64. The van der Waals surface area contributed by atoms with E-state index in [0.717, 1.165) is 6.42 Å². The monoisotopic (exact) mass is 341 g/mol. The molecule has 1 aromatic heterocycles. The lowest BCUT2D eigenvalue weighted by Crippen LogP contribution is -2.37. The highest BCUT2D eigenvalue weighted by molar-refractivity contribution is 5.91. The van der Waals surface area contributed by atoms with Gasteiger partial charge in [-0.3, -0.25) is 4.79 Å². The van der Waals surface area contributed by atoms with Gasteiger partial charge >= 0.3 is 6.09 Å². The van der Waals surface area contributed by atoms with Gasteiger partial charge in [0.2, 0.25) is 0 Å². The van der Waals surface area contributed by atoms with Crippen LogP contribution in [0.5, 0.6) is 5.75 Å². The zero-order chi connectivity index (χ0) is 17.6. The highest BCUT2D eigenvalue weighted by atomic mass is 16.6. The topological polar surface area (TPSA) is 102 Å². The number of hydrogen-bond acceptors (Lipinski definition) is 6. The van der Waals surface area contributed by atoms with Gasteiger partial charge in [-0.15, -0.1) is 0 Å². The zero-order valence-corrected chi connectivity index (χ0v) is 13.7. The minimum absolute atomic E-state index is 0.176. The van der Waals surface area contributed by atoms with Crippen molar-refractivity contribution >= 4 is 17.8 Å². The van der Waals surface area contributed by atoms with Crippen LogP contribution in [0.2, 0.25) is 0 Å². The Balaban J connectivity index is 1.63. The van der Waals surface area contributed by atoms with Gasteiger partial charge in [0.25, 0.3) is 5.91 Å². The molecule has 1 fully saturated rings. The van der Waals surface area contributed by atoms with Gasteiger partial charge in [-0.2, -0.15) is 0 Å². The second-order valence-electron chi connectivity index (χ2n) is 5.63. The van der Waals surface area contributed by atoms with Crippen LogP contribution >= 0.6 is 0 Å². The lowest BCUT2D eigenvalue weighted by atomic mass is 10.3. The molecule has 0 atom stereocenters. The van der Waals surface area contributed by atoms with E-state index in [-0.39, 0.29) is 11.8 Å². The first-order valence-corrected chi connectivity index (χ1v) is 8.02. The molecule has 2 amide bonds. The third-order valence-electron chi connectivity index (χ3n) is 3.93. The summed E-state index contributed by atoms with van der Waals surface area (Å²) in [6, 6.07) is 10.6. The Kier molecular flexibility index (Phi) is 5.08. The van der Waals surface area contributed by atoms with E-state index in [1.54, 1.807) is 23.1 Å². The van der Waals surface area contributed by atoms with E-state index in [1.807, 2.05) is 23.1 Å². The van der Waals surface area contributed by atoms with E-state index in [4.69, 9.17) is 10.5 Å². The quantitative estimate of drug-likeness (QED) is 0.902. The van der Waals surface area contributed by atoms with Crippen molar-refractivity contribution in [1.82, 2.24) is 14.9 Å². The summed E-state index contributed by atoms with van der Waals surface area (Å²) >= 11 is 0. The van der Waals surface area contributed by atoms with Gasteiger partial charge in [-0.25, -0.2) is 14.8 Å². The number of hydrogen-bond donors (Lipinski definition) is 1. The number of aromatic nitrogens is 2. The van der Waals surface area contributed by atoms with Crippen molar-refractivity contribution in [1.29, 1.82) is 0 Å². The fraction of sp³-hybridized carbons (Fsp3) is 0.294. The third kappa shape index (κ3) is 4.23. The molecule has 130 valence electrons. The molecule has 2 aromatic rings. The van der Waals surface area contributed by atoms with E-state index in [1.165, 1.54) is 6.33 Å². The predicted molar refractivity (Wildman–Crippen MR) is 91.4 cm³/mol.